The number of unbranched alkanes of at least 4 members (excludes halogenated alkanes) is 42. The van der Waals surface area contributed by atoms with Crippen molar-refractivity contribution < 1.29 is 28.6 Å². The van der Waals surface area contributed by atoms with Gasteiger partial charge in [-0.1, -0.05) is 338 Å². The number of rotatable bonds is 65. The Morgan fingerprint density at radius 1 is 0.259 bits per heavy atom. The predicted octanol–water partition coefficient (Wildman–Crippen LogP) is 24.4. The minimum absolute atomic E-state index is 0.0904. The molecule has 1 unspecified atom stereocenters. The van der Waals surface area contributed by atoms with Crippen LogP contribution in [0.15, 0.2) is 72.9 Å². The zero-order valence-corrected chi connectivity index (χ0v) is 54.1. The summed E-state index contributed by atoms with van der Waals surface area (Å²) in [5.74, 6) is -0.933. The smallest absolute Gasteiger partial charge is 0.306 e. The van der Waals surface area contributed by atoms with E-state index in [9.17, 15) is 14.4 Å². The average Bonchev–Trinajstić information content (AvgIpc) is 3.47. The molecule has 0 aromatic rings. The molecule has 0 rings (SSSR count). The monoisotopic (exact) mass is 1130 g/mol. The fourth-order valence-corrected chi connectivity index (χ4v) is 10.4. The third kappa shape index (κ3) is 67.5. The van der Waals surface area contributed by atoms with E-state index in [1.165, 1.54) is 244 Å². The normalized spacial score (nSPS) is 12.5. The summed E-state index contributed by atoms with van der Waals surface area (Å²) >= 11 is 0. The second kappa shape index (κ2) is 69.3. The van der Waals surface area contributed by atoms with Crippen LogP contribution in [0.25, 0.3) is 0 Å². The summed E-state index contributed by atoms with van der Waals surface area (Å²) in [4.78, 5) is 38.4. The van der Waals surface area contributed by atoms with Crippen LogP contribution >= 0.6 is 0 Å². The van der Waals surface area contributed by atoms with Crippen LogP contribution in [0.4, 0.5) is 0 Å². The molecule has 0 saturated carbocycles. The Kier molecular flexibility index (Phi) is 66.6. The first-order valence-corrected chi connectivity index (χ1v) is 35.4. The largest absolute Gasteiger partial charge is 0.462 e. The van der Waals surface area contributed by atoms with Crippen LogP contribution in [0.5, 0.6) is 0 Å². The minimum Gasteiger partial charge on any atom is -0.462 e. The lowest BCUT2D eigenvalue weighted by atomic mass is 10.0. The predicted molar refractivity (Wildman–Crippen MR) is 353 cm³/mol. The molecule has 0 heterocycles. The molecule has 0 saturated heterocycles. The molecule has 6 nitrogen and oxygen atoms in total. The summed E-state index contributed by atoms with van der Waals surface area (Å²) in [7, 11) is 0. The van der Waals surface area contributed by atoms with E-state index < -0.39 is 6.10 Å². The molecule has 0 radical (unpaired) electrons. The van der Waals surface area contributed by atoms with Gasteiger partial charge in [-0.25, -0.2) is 0 Å². The molecule has 0 bridgehead atoms. The van der Waals surface area contributed by atoms with Crippen molar-refractivity contribution in [2.24, 2.45) is 0 Å². The highest BCUT2D eigenvalue weighted by atomic mass is 16.6. The van der Waals surface area contributed by atoms with Gasteiger partial charge in [0.2, 0.25) is 0 Å². The standard InChI is InChI=1S/C75H134O6/c1-4-7-10-13-16-19-22-25-28-31-33-34-35-36-37-38-39-40-42-44-47-50-53-56-59-62-65-68-74(77)80-71-72(70-79-73(76)67-64-61-58-55-52-49-46-43-30-27-24-21-18-15-12-9-6-3)81-75(78)69-66-63-60-57-54-51-48-45-41-32-29-26-23-20-17-14-11-8-5-2/h9,12,18,21,26-27,29-30,46,49,55,58,72H,4-8,10-11,13-17,19-20,22-25,28,31-45,47-48,50-54,56-57,59-71H2,1-3H3/b12-9-,21-18-,29-26-,30-27-,49-46-,58-55-. The first-order valence-electron chi connectivity index (χ1n) is 35.4. The van der Waals surface area contributed by atoms with Crippen molar-refractivity contribution in [2.45, 2.75) is 374 Å². The summed E-state index contributed by atoms with van der Waals surface area (Å²) in [6.07, 6.45) is 90.9. The summed E-state index contributed by atoms with van der Waals surface area (Å²) in [6.45, 7) is 6.53. The van der Waals surface area contributed by atoms with Crippen LogP contribution in [-0.4, -0.2) is 37.2 Å². The number of hydrogen-bond acceptors (Lipinski definition) is 6. The van der Waals surface area contributed by atoms with Crippen molar-refractivity contribution >= 4 is 17.9 Å². The van der Waals surface area contributed by atoms with Crippen LogP contribution in [0.3, 0.4) is 0 Å². The molecule has 470 valence electrons. The molecule has 1 atom stereocenters. The summed E-state index contributed by atoms with van der Waals surface area (Å²) in [5, 5.41) is 0. The van der Waals surface area contributed by atoms with Crippen LogP contribution < -0.4 is 0 Å². The van der Waals surface area contributed by atoms with Crippen molar-refractivity contribution in [2.75, 3.05) is 13.2 Å². The van der Waals surface area contributed by atoms with Crippen molar-refractivity contribution in [3.8, 4) is 0 Å². The third-order valence-corrected chi connectivity index (χ3v) is 15.7. The lowest BCUT2D eigenvalue weighted by Gasteiger charge is -2.18. The molecule has 0 spiro atoms. The Morgan fingerprint density at radius 3 is 0.815 bits per heavy atom. The van der Waals surface area contributed by atoms with Crippen molar-refractivity contribution in [1.82, 2.24) is 0 Å². The topological polar surface area (TPSA) is 78.9 Å². The van der Waals surface area contributed by atoms with Gasteiger partial charge in [-0.05, 0) is 83.5 Å². The molecule has 0 fully saturated rings. The van der Waals surface area contributed by atoms with E-state index in [-0.39, 0.29) is 37.5 Å². The zero-order chi connectivity index (χ0) is 58.5. The van der Waals surface area contributed by atoms with Crippen LogP contribution in [0, 0.1) is 0 Å². The maximum atomic E-state index is 12.9. The lowest BCUT2D eigenvalue weighted by Crippen LogP contribution is -2.30. The van der Waals surface area contributed by atoms with E-state index in [0.717, 1.165) is 77.0 Å². The quantitative estimate of drug-likeness (QED) is 0.0261. The van der Waals surface area contributed by atoms with Crippen molar-refractivity contribution in [3.63, 3.8) is 0 Å². The Morgan fingerprint density at radius 2 is 0.494 bits per heavy atom. The van der Waals surface area contributed by atoms with E-state index in [2.05, 4.69) is 93.7 Å². The van der Waals surface area contributed by atoms with E-state index in [0.29, 0.717) is 19.3 Å². The third-order valence-electron chi connectivity index (χ3n) is 15.7. The first-order chi connectivity index (χ1) is 40.0. The summed E-state index contributed by atoms with van der Waals surface area (Å²) in [5.41, 5.74) is 0. The van der Waals surface area contributed by atoms with Gasteiger partial charge in [0.1, 0.15) is 13.2 Å². The number of carbonyl (C=O) groups excluding carboxylic acids is 3. The molecule has 0 aliphatic carbocycles. The first kappa shape index (κ1) is 77.9. The Labute approximate surface area is 503 Å². The van der Waals surface area contributed by atoms with Gasteiger partial charge >= 0.3 is 17.9 Å². The van der Waals surface area contributed by atoms with Gasteiger partial charge < -0.3 is 14.2 Å². The number of ether oxygens (including phenoxy) is 3. The van der Waals surface area contributed by atoms with Gasteiger partial charge in [0.25, 0.3) is 0 Å². The number of hydrogen-bond donors (Lipinski definition) is 0. The minimum atomic E-state index is -0.800. The molecule has 0 aliphatic rings. The lowest BCUT2D eigenvalue weighted by molar-refractivity contribution is -0.167. The second-order valence-corrected chi connectivity index (χ2v) is 23.8. The number of allylic oxidation sites excluding steroid dienone is 12. The maximum Gasteiger partial charge on any atom is 0.306 e. The molecule has 81 heavy (non-hydrogen) atoms. The SMILES string of the molecule is CC/C=C\C/C=C\C/C=C\C/C=C\C/C=C\CCCC(=O)OCC(COC(=O)CCCCCCCCCCCCCCCCCCCCCCCCCCCCC)OC(=O)CCCCCCCCCCC/C=C\CCCCCCCC. The zero-order valence-electron chi connectivity index (χ0n) is 54.1. The van der Waals surface area contributed by atoms with Crippen molar-refractivity contribution in [3.05, 3.63) is 72.9 Å². The van der Waals surface area contributed by atoms with Crippen LogP contribution in [-0.2, 0) is 28.6 Å². The molecule has 0 aliphatic heterocycles. The molecular formula is C75H134O6. The van der Waals surface area contributed by atoms with Gasteiger partial charge in [-0.15, -0.1) is 0 Å². The molecular weight excluding hydrogens is 997 g/mol. The molecule has 0 N–H and O–H groups in total. The number of carbonyl (C=O) groups is 3. The molecule has 0 amide bonds. The van der Waals surface area contributed by atoms with Gasteiger partial charge in [-0.2, -0.15) is 0 Å². The summed E-state index contributed by atoms with van der Waals surface area (Å²) < 4.78 is 16.9. The van der Waals surface area contributed by atoms with E-state index in [1.54, 1.807) is 0 Å². The summed E-state index contributed by atoms with van der Waals surface area (Å²) in [6, 6.07) is 0. The van der Waals surface area contributed by atoms with Gasteiger partial charge in [-0.3, -0.25) is 14.4 Å². The highest BCUT2D eigenvalue weighted by Gasteiger charge is 2.19. The van der Waals surface area contributed by atoms with Gasteiger partial charge in [0, 0.05) is 19.3 Å². The van der Waals surface area contributed by atoms with E-state index >= 15 is 0 Å². The average molecular weight is 1130 g/mol. The number of esters is 3. The fraction of sp³-hybridized carbons (Fsp3) is 0.800. The van der Waals surface area contributed by atoms with E-state index in [1.807, 2.05) is 0 Å². The Hall–Kier alpha value is -3.15. The Bertz CT molecular complexity index is 1490. The maximum absolute atomic E-state index is 12.9. The molecule has 6 heteroatoms. The van der Waals surface area contributed by atoms with Crippen LogP contribution in [0.2, 0.25) is 0 Å². The molecule has 0 aromatic carbocycles. The highest BCUT2D eigenvalue weighted by molar-refractivity contribution is 5.71. The fourth-order valence-electron chi connectivity index (χ4n) is 10.4. The van der Waals surface area contributed by atoms with Crippen LogP contribution in [0.1, 0.15) is 367 Å². The van der Waals surface area contributed by atoms with E-state index in [4.69, 9.17) is 14.2 Å². The molecule has 0 aromatic heterocycles. The van der Waals surface area contributed by atoms with Crippen molar-refractivity contribution in [1.29, 1.82) is 0 Å². The Balaban J connectivity index is 4.32. The highest BCUT2D eigenvalue weighted by Crippen LogP contribution is 2.18. The van der Waals surface area contributed by atoms with Gasteiger partial charge in [0.15, 0.2) is 6.10 Å². The second-order valence-electron chi connectivity index (χ2n) is 23.8. The van der Waals surface area contributed by atoms with Gasteiger partial charge in [0.05, 0.1) is 0 Å².